The molecule has 132 valence electrons. The first-order valence-electron chi connectivity index (χ1n) is 8.23. The number of rotatable bonds is 4. The molecule has 1 unspecified atom stereocenters. The van der Waals surface area contributed by atoms with Crippen molar-refractivity contribution in [2.24, 2.45) is 0 Å². The summed E-state index contributed by atoms with van der Waals surface area (Å²) in [4.78, 5) is 18.3. The van der Waals surface area contributed by atoms with E-state index in [4.69, 9.17) is 4.52 Å². The van der Waals surface area contributed by atoms with Crippen molar-refractivity contribution in [3.8, 4) is 11.4 Å². The van der Waals surface area contributed by atoms with Crippen molar-refractivity contribution >= 4 is 5.91 Å². The van der Waals surface area contributed by atoms with Crippen LogP contribution < -0.4 is 0 Å². The zero-order valence-corrected chi connectivity index (χ0v) is 13.7. The van der Waals surface area contributed by atoms with Crippen molar-refractivity contribution in [3.63, 3.8) is 0 Å². The predicted octanol–water partition coefficient (Wildman–Crippen LogP) is 3.88. The number of amides is 1. The molecule has 5 nitrogen and oxygen atoms in total. The molecule has 0 aliphatic carbocycles. The van der Waals surface area contributed by atoms with Gasteiger partial charge in [-0.1, -0.05) is 17.3 Å². The summed E-state index contributed by atoms with van der Waals surface area (Å²) in [6.07, 6.45) is 0.963. The third-order valence-corrected chi connectivity index (χ3v) is 4.42. The van der Waals surface area contributed by atoms with Gasteiger partial charge in [0.2, 0.25) is 17.6 Å². The molecule has 0 saturated carbocycles. The number of likely N-dealkylation sites (tertiary alicyclic amines) is 1. The Morgan fingerprint density at radius 2 is 1.69 bits per heavy atom. The third-order valence-electron chi connectivity index (χ3n) is 4.42. The number of carbonyl (C=O) groups is 1. The van der Waals surface area contributed by atoms with Gasteiger partial charge in [0.25, 0.3) is 0 Å². The second-order valence-corrected chi connectivity index (χ2v) is 6.17. The quantitative estimate of drug-likeness (QED) is 0.713. The van der Waals surface area contributed by atoms with Gasteiger partial charge in [-0.2, -0.15) is 4.98 Å². The predicted molar refractivity (Wildman–Crippen MR) is 88.6 cm³/mol. The number of benzene rings is 2. The lowest BCUT2D eigenvalue weighted by Crippen LogP contribution is -2.27. The molecule has 0 radical (unpaired) electrons. The Kier molecular flexibility index (Phi) is 4.20. The Bertz CT molecular complexity index is 923. The molecular formula is C19H15F2N3O2. The van der Waals surface area contributed by atoms with Crippen LogP contribution in [0.15, 0.2) is 53.1 Å². The topological polar surface area (TPSA) is 59.2 Å². The number of hydrogen-bond acceptors (Lipinski definition) is 4. The van der Waals surface area contributed by atoms with Crippen molar-refractivity contribution in [2.45, 2.75) is 25.4 Å². The van der Waals surface area contributed by atoms with Crippen LogP contribution in [0.4, 0.5) is 8.78 Å². The Morgan fingerprint density at radius 3 is 2.38 bits per heavy atom. The fourth-order valence-corrected chi connectivity index (χ4v) is 3.06. The number of nitrogens with zero attached hydrogens (tertiary/aromatic N) is 3. The van der Waals surface area contributed by atoms with Gasteiger partial charge in [-0.05, 0) is 48.4 Å². The fraction of sp³-hybridized carbons (Fsp3) is 0.211. The van der Waals surface area contributed by atoms with Crippen LogP contribution in [0.25, 0.3) is 11.4 Å². The van der Waals surface area contributed by atoms with Crippen LogP contribution in [0.2, 0.25) is 0 Å². The molecule has 4 rings (SSSR count). The minimum absolute atomic E-state index is 0.0131. The van der Waals surface area contributed by atoms with Crippen LogP contribution in [-0.2, 0) is 11.3 Å². The summed E-state index contributed by atoms with van der Waals surface area (Å²) in [5.74, 6) is 0.0162. The summed E-state index contributed by atoms with van der Waals surface area (Å²) < 4.78 is 31.5. The normalized spacial score (nSPS) is 17.1. The van der Waals surface area contributed by atoms with E-state index in [1.54, 1.807) is 29.2 Å². The average Bonchev–Trinajstić information content (AvgIpc) is 3.25. The molecule has 0 N–H and O–H groups in total. The Morgan fingerprint density at radius 1 is 1.04 bits per heavy atom. The van der Waals surface area contributed by atoms with E-state index in [-0.39, 0.29) is 23.6 Å². The van der Waals surface area contributed by atoms with E-state index in [1.807, 2.05) is 0 Å². The van der Waals surface area contributed by atoms with Crippen LogP contribution in [0.5, 0.6) is 0 Å². The monoisotopic (exact) mass is 355 g/mol. The Labute approximate surface area is 148 Å². The lowest BCUT2D eigenvalue weighted by atomic mass is 10.1. The van der Waals surface area contributed by atoms with Crippen LogP contribution in [-0.4, -0.2) is 20.9 Å². The lowest BCUT2D eigenvalue weighted by Gasteiger charge is -2.22. The highest BCUT2D eigenvalue weighted by Crippen LogP contribution is 2.34. The Balaban J connectivity index is 1.57. The summed E-state index contributed by atoms with van der Waals surface area (Å²) >= 11 is 0. The summed E-state index contributed by atoms with van der Waals surface area (Å²) in [7, 11) is 0. The van der Waals surface area contributed by atoms with Gasteiger partial charge in [0.1, 0.15) is 17.7 Å². The van der Waals surface area contributed by atoms with Crippen molar-refractivity contribution < 1.29 is 18.1 Å². The smallest absolute Gasteiger partial charge is 0.249 e. The molecule has 2 heterocycles. The first kappa shape index (κ1) is 16.4. The maximum atomic E-state index is 13.1. The van der Waals surface area contributed by atoms with Crippen molar-refractivity contribution in [2.75, 3.05) is 0 Å². The molecule has 1 aliphatic heterocycles. The van der Waals surface area contributed by atoms with E-state index >= 15 is 0 Å². The first-order valence-corrected chi connectivity index (χ1v) is 8.23. The summed E-state index contributed by atoms with van der Waals surface area (Å²) in [5, 5.41) is 3.94. The van der Waals surface area contributed by atoms with Crippen LogP contribution in [0.3, 0.4) is 0 Å². The zero-order valence-electron chi connectivity index (χ0n) is 13.7. The second-order valence-electron chi connectivity index (χ2n) is 6.17. The van der Waals surface area contributed by atoms with E-state index in [0.29, 0.717) is 36.7 Å². The van der Waals surface area contributed by atoms with E-state index in [1.165, 1.54) is 24.3 Å². The third kappa shape index (κ3) is 3.20. The highest BCUT2D eigenvalue weighted by atomic mass is 19.1. The number of carbonyl (C=O) groups excluding carboxylic acids is 1. The SMILES string of the molecule is O=C1CCC(c2nc(-c3ccc(F)cc3)no2)N1Cc1ccc(F)cc1. The fourth-order valence-electron chi connectivity index (χ4n) is 3.06. The van der Waals surface area contributed by atoms with E-state index in [9.17, 15) is 13.6 Å². The van der Waals surface area contributed by atoms with Gasteiger partial charge in [-0.3, -0.25) is 4.79 Å². The molecule has 7 heteroatoms. The van der Waals surface area contributed by atoms with Crippen molar-refractivity contribution in [1.29, 1.82) is 0 Å². The molecule has 3 aromatic rings. The molecule has 1 atom stereocenters. The number of aromatic nitrogens is 2. The van der Waals surface area contributed by atoms with Crippen LogP contribution in [0.1, 0.15) is 30.3 Å². The van der Waals surface area contributed by atoms with Crippen LogP contribution >= 0.6 is 0 Å². The second kappa shape index (κ2) is 6.67. The first-order chi connectivity index (χ1) is 12.6. The molecule has 1 amide bonds. The van der Waals surface area contributed by atoms with Gasteiger partial charge in [-0.25, -0.2) is 8.78 Å². The maximum Gasteiger partial charge on any atom is 0.249 e. The Hall–Kier alpha value is -3.09. The zero-order chi connectivity index (χ0) is 18.1. The lowest BCUT2D eigenvalue weighted by molar-refractivity contribution is -0.129. The molecule has 1 saturated heterocycles. The van der Waals surface area contributed by atoms with Gasteiger partial charge in [0, 0.05) is 18.5 Å². The molecule has 1 aliphatic rings. The van der Waals surface area contributed by atoms with E-state index in [2.05, 4.69) is 10.1 Å². The summed E-state index contributed by atoms with van der Waals surface area (Å²) in [5.41, 5.74) is 1.46. The highest BCUT2D eigenvalue weighted by molar-refractivity contribution is 5.78. The van der Waals surface area contributed by atoms with Gasteiger partial charge < -0.3 is 9.42 Å². The number of hydrogen-bond donors (Lipinski definition) is 0. The van der Waals surface area contributed by atoms with Gasteiger partial charge in [0.15, 0.2) is 0 Å². The summed E-state index contributed by atoms with van der Waals surface area (Å²) in [6.45, 7) is 0.345. The largest absolute Gasteiger partial charge is 0.337 e. The molecule has 2 aromatic carbocycles. The molecule has 0 spiro atoms. The van der Waals surface area contributed by atoms with E-state index < -0.39 is 0 Å². The molecular weight excluding hydrogens is 340 g/mol. The molecule has 1 aromatic heterocycles. The van der Waals surface area contributed by atoms with Gasteiger partial charge in [-0.15, -0.1) is 0 Å². The van der Waals surface area contributed by atoms with Gasteiger partial charge >= 0.3 is 0 Å². The molecule has 0 bridgehead atoms. The minimum Gasteiger partial charge on any atom is -0.337 e. The van der Waals surface area contributed by atoms with E-state index in [0.717, 1.165) is 5.56 Å². The average molecular weight is 355 g/mol. The maximum absolute atomic E-state index is 13.1. The molecule has 26 heavy (non-hydrogen) atoms. The van der Waals surface area contributed by atoms with Gasteiger partial charge in [0.05, 0.1) is 0 Å². The van der Waals surface area contributed by atoms with Crippen molar-refractivity contribution in [1.82, 2.24) is 15.0 Å². The highest BCUT2D eigenvalue weighted by Gasteiger charge is 2.36. The van der Waals surface area contributed by atoms with Crippen LogP contribution in [0, 0.1) is 11.6 Å². The van der Waals surface area contributed by atoms with Crippen molar-refractivity contribution in [3.05, 3.63) is 71.6 Å². The standard InChI is InChI=1S/C19H15F2N3O2/c20-14-5-1-12(2-6-14)11-24-16(9-10-17(24)25)19-22-18(23-26-19)13-3-7-15(21)8-4-13/h1-8,16H,9-11H2. The number of halogens is 2. The summed E-state index contributed by atoms with van der Waals surface area (Å²) in [6, 6.07) is 11.5. The minimum atomic E-state index is -0.343. The molecule has 1 fully saturated rings.